The average molecular weight is 878 g/mol. The van der Waals surface area contributed by atoms with Gasteiger partial charge in [-0.3, -0.25) is 18.6 Å². The van der Waals surface area contributed by atoms with Crippen molar-refractivity contribution in [2.24, 2.45) is 5.73 Å². The van der Waals surface area contributed by atoms with Crippen LogP contribution < -0.4 is 5.73 Å². The van der Waals surface area contributed by atoms with Gasteiger partial charge in [0.25, 0.3) is 0 Å². The standard InChI is InChI=1S/C51H92NO8P/c1-3-5-7-9-11-13-15-17-19-21-23-24-26-28-30-32-34-36-38-40-42-44-51(54)60-49(48-59-61(55,56)58-46-45-52)47-57-50(53)43-41-39-37-35-33-31-29-27-25-22-20-18-16-14-12-10-8-6-4-2/h12,14,17-20,25,27,31,33,49H,3-11,13,15-16,21-24,26,28-30,32,34-48,52H2,1-2H3,(H,55,56)/t49-/m1/s1. The normalized spacial score (nSPS) is 13.7. The molecule has 61 heavy (non-hydrogen) atoms. The number of hydrogen-bond acceptors (Lipinski definition) is 8. The van der Waals surface area contributed by atoms with Crippen LogP contribution in [-0.2, 0) is 32.7 Å². The molecule has 354 valence electrons. The molecule has 2 atom stereocenters. The summed E-state index contributed by atoms with van der Waals surface area (Å²) in [5.74, 6) is -0.863. The van der Waals surface area contributed by atoms with E-state index in [4.69, 9.17) is 24.3 Å². The summed E-state index contributed by atoms with van der Waals surface area (Å²) in [5, 5.41) is 0. The van der Waals surface area contributed by atoms with Crippen molar-refractivity contribution in [3.8, 4) is 0 Å². The Kier molecular flexibility index (Phi) is 45.4. The number of phosphoric ester groups is 1. The zero-order valence-electron chi connectivity index (χ0n) is 39.1. The summed E-state index contributed by atoms with van der Waals surface area (Å²) in [5.41, 5.74) is 5.36. The SMILES string of the molecule is CCCCCC=CCC=CCC=CCC=CCCCCCC(=O)OC[C@H](COP(=O)(O)OCCN)OC(=O)CCCCCCCCCCCCCC=CCCCCCCCC. The van der Waals surface area contributed by atoms with Gasteiger partial charge in [-0.25, -0.2) is 4.57 Å². The number of phosphoric acid groups is 1. The van der Waals surface area contributed by atoms with Crippen LogP contribution in [0.5, 0.6) is 0 Å². The Morgan fingerprint density at radius 3 is 1.33 bits per heavy atom. The third kappa shape index (κ3) is 47.0. The minimum Gasteiger partial charge on any atom is -0.462 e. The van der Waals surface area contributed by atoms with E-state index in [1.54, 1.807) is 0 Å². The van der Waals surface area contributed by atoms with Gasteiger partial charge in [0.05, 0.1) is 13.2 Å². The molecule has 0 heterocycles. The fourth-order valence-corrected chi connectivity index (χ4v) is 7.44. The molecule has 0 radical (unpaired) electrons. The molecule has 3 N–H and O–H groups in total. The van der Waals surface area contributed by atoms with Crippen molar-refractivity contribution in [1.29, 1.82) is 0 Å². The fraction of sp³-hybridized carbons (Fsp3) is 0.765. The highest BCUT2D eigenvalue weighted by molar-refractivity contribution is 7.47. The first-order valence-electron chi connectivity index (χ1n) is 24.8. The van der Waals surface area contributed by atoms with Gasteiger partial charge in [0.2, 0.25) is 0 Å². The highest BCUT2D eigenvalue weighted by Crippen LogP contribution is 2.43. The molecular weight excluding hydrogens is 786 g/mol. The Morgan fingerprint density at radius 1 is 0.492 bits per heavy atom. The van der Waals surface area contributed by atoms with Gasteiger partial charge < -0.3 is 20.1 Å². The summed E-state index contributed by atoms with van der Waals surface area (Å²) in [4.78, 5) is 35.0. The molecule has 9 nitrogen and oxygen atoms in total. The van der Waals surface area contributed by atoms with Crippen LogP contribution >= 0.6 is 7.82 Å². The van der Waals surface area contributed by atoms with E-state index >= 15 is 0 Å². The van der Waals surface area contributed by atoms with E-state index in [0.717, 1.165) is 57.8 Å². The number of hydrogen-bond donors (Lipinski definition) is 2. The molecule has 0 aromatic rings. The van der Waals surface area contributed by atoms with Crippen LogP contribution in [0.2, 0.25) is 0 Å². The zero-order chi connectivity index (χ0) is 44.6. The molecule has 0 aliphatic carbocycles. The topological polar surface area (TPSA) is 134 Å². The van der Waals surface area contributed by atoms with Crippen molar-refractivity contribution >= 4 is 19.8 Å². The number of carbonyl (C=O) groups is 2. The van der Waals surface area contributed by atoms with Gasteiger partial charge in [0.1, 0.15) is 6.61 Å². The molecular formula is C51H92NO8P. The Labute approximate surface area is 374 Å². The predicted octanol–water partition coefficient (Wildman–Crippen LogP) is 14.8. The fourth-order valence-electron chi connectivity index (χ4n) is 6.67. The second-order valence-corrected chi connectivity index (χ2v) is 17.8. The molecule has 0 bridgehead atoms. The van der Waals surface area contributed by atoms with Crippen molar-refractivity contribution < 1.29 is 37.6 Å². The Bertz CT molecular complexity index is 1180. The number of esters is 2. The molecule has 0 fully saturated rings. The van der Waals surface area contributed by atoms with Crippen LogP contribution in [0, 0.1) is 0 Å². The monoisotopic (exact) mass is 878 g/mol. The van der Waals surface area contributed by atoms with Crippen molar-refractivity contribution in [2.75, 3.05) is 26.4 Å². The lowest BCUT2D eigenvalue weighted by molar-refractivity contribution is -0.161. The summed E-state index contributed by atoms with van der Waals surface area (Å²) in [6.07, 6.45) is 56.8. The van der Waals surface area contributed by atoms with Crippen molar-refractivity contribution in [3.05, 3.63) is 60.8 Å². The molecule has 1 unspecified atom stereocenters. The van der Waals surface area contributed by atoms with Gasteiger partial charge >= 0.3 is 19.8 Å². The van der Waals surface area contributed by atoms with E-state index in [1.807, 2.05) is 0 Å². The third-order valence-corrected chi connectivity index (χ3v) is 11.4. The van der Waals surface area contributed by atoms with Gasteiger partial charge in [-0.1, -0.05) is 184 Å². The van der Waals surface area contributed by atoms with E-state index in [9.17, 15) is 19.0 Å². The second-order valence-electron chi connectivity index (χ2n) is 16.3. The smallest absolute Gasteiger partial charge is 0.462 e. The maximum absolute atomic E-state index is 12.6. The second kappa shape index (κ2) is 47.2. The summed E-state index contributed by atoms with van der Waals surface area (Å²) in [7, 11) is -4.39. The molecule has 10 heteroatoms. The number of rotatable bonds is 46. The van der Waals surface area contributed by atoms with Gasteiger partial charge in [0.15, 0.2) is 6.10 Å². The largest absolute Gasteiger partial charge is 0.472 e. The Morgan fingerprint density at radius 2 is 0.852 bits per heavy atom. The molecule has 0 aliphatic rings. The third-order valence-electron chi connectivity index (χ3n) is 10.4. The molecule has 0 spiro atoms. The molecule has 0 aromatic carbocycles. The maximum Gasteiger partial charge on any atom is 0.472 e. The number of allylic oxidation sites excluding steroid dienone is 10. The average Bonchev–Trinajstić information content (AvgIpc) is 3.25. The molecule has 0 saturated heterocycles. The number of nitrogens with two attached hydrogens (primary N) is 1. The van der Waals surface area contributed by atoms with Crippen LogP contribution in [-0.4, -0.2) is 49.3 Å². The van der Waals surface area contributed by atoms with Crippen molar-refractivity contribution in [3.63, 3.8) is 0 Å². The molecule has 0 aliphatic heterocycles. The lowest BCUT2D eigenvalue weighted by Crippen LogP contribution is -2.29. The predicted molar refractivity (Wildman–Crippen MR) is 256 cm³/mol. The lowest BCUT2D eigenvalue weighted by Gasteiger charge is -2.19. The van der Waals surface area contributed by atoms with Gasteiger partial charge in [-0.05, 0) is 83.5 Å². The first kappa shape index (κ1) is 58.7. The van der Waals surface area contributed by atoms with Crippen molar-refractivity contribution in [2.45, 2.75) is 225 Å². The van der Waals surface area contributed by atoms with E-state index in [-0.39, 0.29) is 32.6 Å². The molecule has 0 aromatic heterocycles. The molecule has 0 amide bonds. The van der Waals surface area contributed by atoms with Crippen LogP contribution in [0.1, 0.15) is 219 Å². The van der Waals surface area contributed by atoms with E-state index in [2.05, 4.69) is 74.6 Å². The minimum atomic E-state index is -4.39. The number of unbranched alkanes of at least 4 members (excludes halogenated alkanes) is 23. The van der Waals surface area contributed by atoms with Gasteiger partial charge in [-0.15, -0.1) is 0 Å². The first-order valence-corrected chi connectivity index (χ1v) is 26.3. The quantitative estimate of drug-likeness (QED) is 0.0265. The highest BCUT2D eigenvalue weighted by atomic mass is 31.2. The summed E-state index contributed by atoms with van der Waals surface area (Å²) >= 11 is 0. The minimum absolute atomic E-state index is 0.0468. The Hall–Kier alpha value is -2.29. The first-order chi connectivity index (χ1) is 29.8. The number of ether oxygens (including phenoxy) is 2. The van der Waals surface area contributed by atoms with Crippen LogP contribution in [0.4, 0.5) is 0 Å². The molecule has 0 saturated carbocycles. The summed E-state index contributed by atoms with van der Waals surface area (Å²) in [6.45, 7) is 3.68. The van der Waals surface area contributed by atoms with Crippen LogP contribution in [0.15, 0.2) is 60.8 Å². The van der Waals surface area contributed by atoms with Crippen LogP contribution in [0.25, 0.3) is 0 Å². The Balaban J connectivity index is 4.13. The van der Waals surface area contributed by atoms with E-state index < -0.39 is 32.5 Å². The van der Waals surface area contributed by atoms with Gasteiger partial charge in [-0.2, -0.15) is 0 Å². The van der Waals surface area contributed by atoms with E-state index in [0.29, 0.717) is 12.8 Å². The molecule has 0 rings (SSSR count). The lowest BCUT2D eigenvalue weighted by atomic mass is 10.0. The number of carbonyl (C=O) groups excluding carboxylic acids is 2. The highest BCUT2D eigenvalue weighted by Gasteiger charge is 2.26. The maximum atomic E-state index is 12.6. The van der Waals surface area contributed by atoms with Gasteiger partial charge in [0, 0.05) is 19.4 Å². The zero-order valence-corrected chi connectivity index (χ0v) is 40.0. The van der Waals surface area contributed by atoms with E-state index in [1.165, 1.54) is 122 Å². The van der Waals surface area contributed by atoms with Crippen molar-refractivity contribution in [1.82, 2.24) is 0 Å². The summed E-state index contributed by atoms with van der Waals surface area (Å²) in [6, 6.07) is 0. The summed E-state index contributed by atoms with van der Waals surface area (Å²) < 4.78 is 32.9. The van der Waals surface area contributed by atoms with Crippen LogP contribution in [0.3, 0.4) is 0 Å².